The Balaban J connectivity index is 2.26. The fraction of sp³-hybridized carbons (Fsp3) is 0.250. The molecule has 0 heterocycles. The molecule has 0 bridgehead atoms. The highest BCUT2D eigenvalue weighted by Crippen LogP contribution is 2.27. The second kappa shape index (κ2) is 6.83. The molecule has 0 aliphatic carbocycles. The molecule has 4 heteroatoms. The maximum atomic E-state index is 13.1. The van der Waals surface area contributed by atoms with Gasteiger partial charge in [-0.05, 0) is 55.3 Å². The first-order valence-electron chi connectivity index (χ1n) is 6.38. The first-order chi connectivity index (χ1) is 9.51. The summed E-state index contributed by atoms with van der Waals surface area (Å²) in [4.78, 5) is 0. The molecule has 0 aliphatic rings. The molecular formula is C16H16Br2FN. The highest BCUT2D eigenvalue weighted by molar-refractivity contribution is 9.10. The Kier molecular flexibility index (Phi) is 5.35. The summed E-state index contributed by atoms with van der Waals surface area (Å²) in [5.41, 5.74) is 3.52. The van der Waals surface area contributed by atoms with Gasteiger partial charge in [0, 0.05) is 15.0 Å². The zero-order chi connectivity index (χ0) is 14.7. The molecule has 1 nitrogen and oxygen atoms in total. The molecule has 20 heavy (non-hydrogen) atoms. The van der Waals surface area contributed by atoms with Gasteiger partial charge >= 0.3 is 0 Å². The Morgan fingerprint density at radius 3 is 2.45 bits per heavy atom. The van der Waals surface area contributed by atoms with E-state index in [1.54, 1.807) is 0 Å². The van der Waals surface area contributed by atoms with E-state index in [0.29, 0.717) is 0 Å². The highest BCUT2D eigenvalue weighted by Gasteiger charge is 2.13. The second-order valence-corrected chi connectivity index (χ2v) is 6.50. The smallest absolute Gasteiger partial charge is 0.124 e. The van der Waals surface area contributed by atoms with E-state index in [1.807, 2.05) is 13.1 Å². The first kappa shape index (κ1) is 15.7. The SMILES string of the molecule is CNC(Cc1ccc(F)cc1Br)c1ccc(Br)c(C)c1. The van der Waals surface area contributed by atoms with Crippen LogP contribution in [-0.2, 0) is 6.42 Å². The standard InChI is InChI=1S/C16H16Br2FN/c1-10-7-12(4-6-14(10)17)16(20-2)8-11-3-5-13(19)9-15(11)18/h3-7,9,16,20H,8H2,1-2H3. The first-order valence-corrected chi connectivity index (χ1v) is 7.97. The van der Waals surface area contributed by atoms with Crippen molar-refractivity contribution < 1.29 is 4.39 Å². The number of benzene rings is 2. The maximum absolute atomic E-state index is 13.1. The normalized spacial score (nSPS) is 12.4. The number of hydrogen-bond acceptors (Lipinski definition) is 1. The lowest BCUT2D eigenvalue weighted by Gasteiger charge is -2.18. The van der Waals surface area contributed by atoms with Gasteiger partial charge in [0.15, 0.2) is 0 Å². The Morgan fingerprint density at radius 2 is 1.85 bits per heavy atom. The summed E-state index contributed by atoms with van der Waals surface area (Å²) in [6.07, 6.45) is 0.804. The second-order valence-electron chi connectivity index (χ2n) is 4.79. The average molecular weight is 401 g/mol. The molecule has 2 aromatic carbocycles. The predicted molar refractivity (Wildman–Crippen MR) is 88.5 cm³/mol. The number of aryl methyl sites for hydroxylation is 1. The van der Waals surface area contributed by atoms with E-state index in [0.717, 1.165) is 20.9 Å². The van der Waals surface area contributed by atoms with Crippen molar-refractivity contribution in [2.24, 2.45) is 0 Å². The summed E-state index contributed by atoms with van der Waals surface area (Å²) < 4.78 is 15.1. The molecule has 0 saturated heterocycles. The van der Waals surface area contributed by atoms with Crippen LogP contribution in [0.5, 0.6) is 0 Å². The largest absolute Gasteiger partial charge is 0.313 e. The van der Waals surface area contributed by atoms with Gasteiger partial charge in [0.05, 0.1) is 0 Å². The molecule has 0 radical (unpaired) electrons. The molecule has 0 aromatic heterocycles. The lowest BCUT2D eigenvalue weighted by Crippen LogP contribution is -2.19. The van der Waals surface area contributed by atoms with E-state index in [4.69, 9.17) is 0 Å². The third-order valence-electron chi connectivity index (χ3n) is 3.37. The van der Waals surface area contributed by atoms with Crippen LogP contribution in [0.1, 0.15) is 22.7 Å². The molecule has 106 valence electrons. The minimum absolute atomic E-state index is 0.198. The van der Waals surface area contributed by atoms with E-state index < -0.39 is 0 Å². The minimum Gasteiger partial charge on any atom is -0.313 e. The van der Waals surface area contributed by atoms with Crippen molar-refractivity contribution in [1.29, 1.82) is 0 Å². The van der Waals surface area contributed by atoms with Gasteiger partial charge in [-0.15, -0.1) is 0 Å². The lowest BCUT2D eigenvalue weighted by atomic mass is 9.98. The van der Waals surface area contributed by atoms with Crippen LogP contribution in [0.25, 0.3) is 0 Å². The van der Waals surface area contributed by atoms with Gasteiger partial charge in [-0.25, -0.2) is 4.39 Å². The van der Waals surface area contributed by atoms with E-state index in [-0.39, 0.29) is 11.9 Å². The highest BCUT2D eigenvalue weighted by atomic mass is 79.9. The molecule has 2 aromatic rings. The maximum Gasteiger partial charge on any atom is 0.124 e. The summed E-state index contributed by atoms with van der Waals surface area (Å²) in [5.74, 6) is -0.221. The molecular weight excluding hydrogens is 385 g/mol. The zero-order valence-corrected chi connectivity index (χ0v) is 14.6. The van der Waals surface area contributed by atoms with Gasteiger partial charge in [-0.2, -0.15) is 0 Å². The lowest BCUT2D eigenvalue weighted by molar-refractivity contribution is 0.587. The van der Waals surface area contributed by atoms with Crippen molar-refractivity contribution in [1.82, 2.24) is 5.32 Å². The molecule has 0 fully saturated rings. The molecule has 1 atom stereocenters. The molecule has 1 unspecified atom stereocenters. The van der Waals surface area contributed by atoms with E-state index >= 15 is 0 Å². The summed E-state index contributed by atoms with van der Waals surface area (Å²) in [7, 11) is 1.94. The van der Waals surface area contributed by atoms with Crippen molar-refractivity contribution in [2.45, 2.75) is 19.4 Å². The van der Waals surface area contributed by atoms with Crippen molar-refractivity contribution in [3.63, 3.8) is 0 Å². The summed E-state index contributed by atoms with van der Waals surface area (Å²) in [6.45, 7) is 2.08. The molecule has 0 amide bonds. The van der Waals surface area contributed by atoms with Gasteiger partial charge in [0.1, 0.15) is 5.82 Å². The topological polar surface area (TPSA) is 12.0 Å². The predicted octanol–water partition coefficient (Wildman–Crippen LogP) is 5.16. The Morgan fingerprint density at radius 1 is 1.10 bits per heavy atom. The average Bonchev–Trinajstić information content (AvgIpc) is 2.41. The fourth-order valence-corrected chi connectivity index (χ4v) is 2.94. The van der Waals surface area contributed by atoms with E-state index in [2.05, 4.69) is 62.3 Å². The monoisotopic (exact) mass is 399 g/mol. The van der Waals surface area contributed by atoms with Crippen LogP contribution in [-0.4, -0.2) is 7.05 Å². The quantitative estimate of drug-likeness (QED) is 0.747. The summed E-state index contributed by atoms with van der Waals surface area (Å²) in [5, 5.41) is 3.33. The molecule has 0 saturated carbocycles. The van der Waals surface area contributed by atoms with Crippen molar-refractivity contribution in [2.75, 3.05) is 7.05 Å². The minimum atomic E-state index is -0.221. The van der Waals surface area contributed by atoms with Gasteiger partial charge in [0.25, 0.3) is 0 Å². The molecule has 0 aliphatic heterocycles. The van der Waals surface area contributed by atoms with Crippen molar-refractivity contribution in [3.05, 3.63) is 67.9 Å². The molecule has 0 spiro atoms. The van der Waals surface area contributed by atoms with Crippen molar-refractivity contribution in [3.8, 4) is 0 Å². The van der Waals surface area contributed by atoms with Crippen LogP contribution in [0.2, 0.25) is 0 Å². The molecule has 2 rings (SSSR count). The van der Waals surface area contributed by atoms with Gasteiger partial charge in [-0.1, -0.05) is 50.1 Å². The van der Waals surface area contributed by atoms with Crippen LogP contribution in [0, 0.1) is 12.7 Å². The number of nitrogens with one attached hydrogen (secondary N) is 1. The number of hydrogen-bond donors (Lipinski definition) is 1. The number of rotatable bonds is 4. The van der Waals surface area contributed by atoms with Crippen LogP contribution in [0.4, 0.5) is 4.39 Å². The van der Waals surface area contributed by atoms with Gasteiger partial charge < -0.3 is 5.32 Å². The number of likely N-dealkylation sites (N-methyl/N-ethyl adjacent to an activating group) is 1. The fourth-order valence-electron chi connectivity index (χ4n) is 2.18. The van der Waals surface area contributed by atoms with Crippen LogP contribution >= 0.6 is 31.9 Å². The Bertz CT molecular complexity index is 613. The van der Waals surface area contributed by atoms with Gasteiger partial charge in [0.2, 0.25) is 0 Å². The summed E-state index contributed by atoms with van der Waals surface area (Å²) in [6, 6.07) is 11.4. The zero-order valence-electron chi connectivity index (χ0n) is 11.4. The molecule has 1 N–H and O–H groups in total. The third-order valence-corrected chi connectivity index (χ3v) is 5.00. The third kappa shape index (κ3) is 3.68. The van der Waals surface area contributed by atoms with Crippen LogP contribution in [0.3, 0.4) is 0 Å². The van der Waals surface area contributed by atoms with E-state index in [9.17, 15) is 4.39 Å². The van der Waals surface area contributed by atoms with Crippen LogP contribution < -0.4 is 5.32 Å². The van der Waals surface area contributed by atoms with Crippen molar-refractivity contribution >= 4 is 31.9 Å². The van der Waals surface area contributed by atoms with Gasteiger partial charge in [-0.3, -0.25) is 0 Å². The number of halogens is 3. The Labute approximate surface area is 135 Å². The van der Waals surface area contributed by atoms with Crippen LogP contribution in [0.15, 0.2) is 45.3 Å². The summed E-state index contributed by atoms with van der Waals surface area (Å²) >= 11 is 6.95. The van der Waals surface area contributed by atoms with E-state index in [1.165, 1.54) is 23.3 Å². The Hall–Kier alpha value is -0.710.